The summed E-state index contributed by atoms with van der Waals surface area (Å²) < 4.78 is 0. The molecule has 2 heteroatoms. The van der Waals surface area contributed by atoms with Gasteiger partial charge in [0.1, 0.15) is 0 Å². The summed E-state index contributed by atoms with van der Waals surface area (Å²) in [6, 6.07) is 16.4. The summed E-state index contributed by atoms with van der Waals surface area (Å²) in [6.45, 7) is 2.90. The van der Waals surface area contributed by atoms with Crippen molar-refractivity contribution in [1.82, 2.24) is 4.90 Å². The number of nitrogens with two attached hydrogens (primary N) is 1. The van der Waals surface area contributed by atoms with Crippen molar-refractivity contribution in [3.63, 3.8) is 0 Å². The maximum atomic E-state index is 5.75. The quantitative estimate of drug-likeness (QED) is 0.632. The first-order valence-electron chi connectivity index (χ1n) is 6.95. The van der Waals surface area contributed by atoms with E-state index in [1.54, 1.807) is 0 Å². The van der Waals surface area contributed by atoms with Crippen molar-refractivity contribution >= 4 is 5.69 Å². The third-order valence-electron chi connectivity index (χ3n) is 3.63. The molecule has 0 bridgehead atoms. The molecular formula is C18H18N2. The molecule has 0 aliphatic carbocycles. The topological polar surface area (TPSA) is 29.3 Å². The van der Waals surface area contributed by atoms with E-state index < -0.39 is 0 Å². The van der Waals surface area contributed by atoms with Crippen LogP contribution in [-0.2, 0) is 13.0 Å². The van der Waals surface area contributed by atoms with Crippen molar-refractivity contribution in [3.05, 3.63) is 65.2 Å². The van der Waals surface area contributed by atoms with Gasteiger partial charge in [-0.1, -0.05) is 42.2 Å². The van der Waals surface area contributed by atoms with Crippen LogP contribution in [0.4, 0.5) is 5.69 Å². The predicted octanol–water partition coefficient (Wildman–Crippen LogP) is 2.68. The van der Waals surface area contributed by atoms with Gasteiger partial charge in [-0.3, -0.25) is 4.90 Å². The highest BCUT2D eigenvalue weighted by Gasteiger charge is 2.13. The molecule has 1 heterocycles. The second kappa shape index (κ2) is 5.81. The summed E-state index contributed by atoms with van der Waals surface area (Å²) in [5.74, 6) is 6.43. The average molecular weight is 262 g/mol. The van der Waals surface area contributed by atoms with Crippen molar-refractivity contribution in [3.8, 4) is 11.8 Å². The Kier molecular flexibility index (Phi) is 3.71. The van der Waals surface area contributed by atoms with Crippen LogP contribution in [0.15, 0.2) is 48.5 Å². The van der Waals surface area contributed by atoms with Gasteiger partial charge < -0.3 is 5.73 Å². The monoisotopic (exact) mass is 262 g/mol. The van der Waals surface area contributed by atoms with Crippen LogP contribution in [0, 0.1) is 11.8 Å². The lowest BCUT2D eigenvalue weighted by Crippen LogP contribution is -2.30. The van der Waals surface area contributed by atoms with Crippen molar-refractivity contribution in [2.45, 2.75) is 13.0 Å². The van der Waals surface area contributed by atoms with Gasteiger partial charge in [0, 0.05) is 24.3 Å². The van der Waals surface area contributed by atoms with Crippen molar-refractivity contribution in [2.24, 2.45) is 0 Å². The summed E-state index contributed by atoms with van der Waals surface area (Å²) >= 11 is 0. The number of anilines is 1. The highest BCUT2D eigenvalue weighted by molar-refractivity contribution is 5.47. The van der Waals surface area contributed by atoms with Crippen LogP contribution in [0.2, 0.25) is 0 Å². The minimum absolute atomic E-state index is 0.767. The maximum Gasteiger partial charge on any atom is 0.0608 e. The third kappa shape index (κ3) is 3.01. The zero-order valence-electron chi connectivity index (χ0n) is 11.5. The van der Waals surface area contributed by atoms with E-state index in [-0.39, 0.29) is 0 Å². The molecule has 2 aromatic rings. The van der Waals surface area contributed by atoms with E-state index in [2.05, 4.69) is 41.0 Å². The number of rotatable bonds is 1. The lowest BCUT2D eigenvalue weighted by atomic mass is 10.00. The highest BCUT2D eigenvalue weighted by Crippen LogP contribution is 2.17. The van der Waals surface area contributed by atoms with Crippen LogP contribution in [0.1, 0.15) is 16.7 Å². The Balaban J connectivity index is 1.64. The van der Waals surface area contributed by atoms with Gasteiger partial charge in [0.25, 0.3) is 0 Å². The van der Waals surface area contributed by atoms with Crippen LogP contribution in [0.3, 0.4) is 0 Å². The minimum atomic E-state index is 0.767. The molecule has 2 nitrogen and oxygen atoms in total. The molecule has 0 amide bonds. The zero-order valence-corrected chi connectivity index (χ0v) is 11.5. The molecule has 1 aliphatic rings. The molecule has 0 saturated carbocycles. The molecule has 0 aromatic heterocycles. The van der Waals surface area contributed by atoms with Crippen LogP contribution in [0.5, 0.6) is 0 Å². The van der Waals surface area contributed by atoms with E-state index in [4.69, 9.17) is 5.73 Å². The Hall–Kier alpha value is -2.24. The second-order valence-corrected chi connectivity index (χ2v) is 5.16. The van der Waals surface area contributed by atoms with Gasteiger partial charge in [-0.05, 0) is 35.7 Å². The van der Waals surface area contributed by atoms with Gasteiger partial charge in [0.2, 0.25) is 0 Å². The number of hydrogen-bond acceptors (Lipinski definition) is 2. The normalized spacial score (nSPS) is 14.2. The molecule has 0 radical (unpaired) electrons. The van der Waals surface area contributed by atoms with Gasteiger partial charge in [-0.15, -0.1) is 0 Å². The van der Waals surface area contributed by atoms with E-state index in [0.29, 0.717) is 0 Å². The minimum Gasteiger partial charge on any atom is -0.399 e. The SMILES string of the molecule is Nc1cccc(C#CCN2CCc3ccccc3C2)c1. The van der Waals surface area contributed by atoms with Gasteiger partial charge in [0.15, 0.2) is 0 Å². The van der Waals surface area contributed by atoms with Crippen LogP contribution in [-0.4, -0.2) is 18.0 Å². The highest BCUT2D eigenvalue weighted by atomic mass is 15.1. The van der Waals surface area contributed by atoms with Crippen LogP contribution < -0.4 is 5.73 Å². The molecule has 2 N–H and O–H groups in total. The summed E-state index contributed by atoms with van der Waals surface area (Å²) in [4.78, 5) is 2.39. The zero-order chi connectivity index (χ0) is 13.8. The van der Waals surface area contributed by atoms with Crippen molar-refractivity contribution in [2.75, 3.05) is 18.8 Å². The van der Waals surface area contributed by atoms with Crippen LogP contribution in [0.25, 0.3) is 0 Å². The third-order valence-corrected chi connectivity index (χ3v) is 3.63. The first kappa shape index (κ1) is 12.8. The Labute approximate surface area is 120 Å². The van der Waals surface area contributed by atoms with E-state index in [1.807, 2.05) is 24.3 Å². The first-order chi connectivity index (χ1) is 9.81. The Bertz CT molecular complexity index is 664. The average Bonchev–Trinajstić information content (AvgIpc) is 2.47. The number of nitrogens with zero attached hydrogens (tertiary/aromatic N) is 1. The number of hydrogen-bond donors (Lipinski definition) is 1. The van der Waals surface area contributed by atoms with Gasteiger partial charge in [0.05, 0.1) is 6.54 Å². The Morgan fingerprint density at radius 3 is 2.75 bits per heavy atom. The number of benzene rings is 2. The smallest absolute Gasteiger partial charge is 0.0608 e. The molecule has 2 aromatic carbocycles. The van der Waals surface area contributed by atoms with Crippen molar-refractivity contribution in [1.29, 1.82) is 0 Å². The second-order valence-electron chi connectivity index (χ2n) is 5.16. The summed E-state index contributed by atoms with van der Waals surface area (Å²) in [6.07, 6.45) is 1.12. The number of fused-ring (bicyclic) bond motifs is 1. The molecule has 100 valence electrons. The van der Waals surface area contributed by atoms with Gasteiger partial charge in [-0.2, -0.15) is 0 Å². The summed E-state index contributed by atoms with van der Waals surface area (Å²) in [5, 5.41) is 0. The van der Waals surface area contributed by atoms with Crippen molar-refractivity contribution < 1.29 is 0 Å². The Morgan fingerprint density at radius 1 is 1.05 bits per heavy atom. The van der Waals surface area contributed by atoms with E-state index in [0.717, 1.165) is 37.3 Å². The lowest BCUT2D eigenvalue weighted by Gasteiger charge is -2.26. The predicted molar refractivity (Wildman–Crippen MR) is 83.2 cm³/mol. The van der Waals surface area contributed by atoms with E-state index in [9.17, 15) is 0 Å². The van der Waals surface area contributed by atoms with E-state index >= 15 is 0 Å². The largest absolute Gasteiger partial charge is 0.399 e. The summed E-state index contributed by atoms with van der Waals surface area (Å²) in [7, 11) is 0. The fourth-order valence-electron chi connectivity index (χ4n) is 2.56. The first-order valence-corrected chi connectivity index (χ1v) is 6.95. The van der Waals surface area contributed by atoms with E-state index in [1.165, 1.54) is 11.1 Å². The molecule has 0 atom stereocenters. The molecule has 0 unspecified atom stereocenters. The molecule has 0 spiro atoms. The molecule has 0 saturated heterocycles. The summed E-state index contributed by atoms with van der Waals surface area (Å²) in [5.41, 5.74) is 10.4. The molecule has 1 aliphatic heterocycles. The van der Waals surface area contributed by atoms with Gasteiger partial charge >= 0.3 is 0 Å². The fraction of sp³-hybridized carbons (Fsp3) is 0.222. The Morgan fingerprint density at radius 2 is 1.90 bits per heavy atom. The maximum absolute atomic E-state index is 5.75. The molecule has 20 heavy (non-hydrogen) atoms. The van der Waals surface area contributed by atoms with Gasteiger partial charge in [-0.25, -0.2) is 0 Å². The molecule has 0 fully saturated rings. The number of nitrogen functional groups attached to an aromatic ring is 1. The fourth-order valence-corrected chi connectivity index (χ4v) is 2.56. The lowest BCUT2D eigenvalue weighted by molar-refractivity contribution is 0.286. The standard InChI is InChI=1S/C18H18N2/c19-18-9-3-5-15(13-18)6-4-11-20-12-10-16-7-1-2-8-17(16)14-20/h1-3,5,7-9,13H,10-12,14,19H2. The van der Waals surface area contributed by atoms with Crippen LogP contribution >= 0.6 is 0 Å². The molecular weight excluding hydrogens is 244 g/mol. The molecule has 3 rings (SSSR count).